The van der Waals surface area contributed by atoms with Crippen LogP contribution in [0.15, 0.2) is 24.7 Å². The molecule has 0 spiro atoms. The molecule has 1 saturated heterocycles. The van der Waals surface area contributed by atoms with Crippen LogP contribution in [-0.4, -0.2) is 22.1 Å². The number of hydrogen-bond acceptors (Lipinski definition) is 3. The Hall–Kier alpha value is -1.22. The minimum atomic E-state index is 0.519. The number of hydrogen-bond donors (Lipinski definition) is 1. The Bertz CT molecular complexity index is 358. The van der Waals surface area contributed by atoms with Gasteiger partial charge in [0.1, 0.15) is 0 Å². The fourth-order valence-corrected chi connectivity index (χ4v) is 2.39. The van der Waals surface area contributed by atoms with Crippen LogP contribution in [0.2, 0.25) is 0 Å². The Labute approximate surface area is 83.3 Å². The van der Waals surface area contributed by atoms with Crippen LogP contribution in [0, 0.1) is 0 Å². The summed E-state index contributed by atoms with van der Waals surface area (Å²) in [6.07, 6.45) is 11.3. The van der Waals surface area contributed by atoms with Crippen LogP contribution in [0.1, 0.15) is 25.0 Å². The Kier molecular flexibility index (Phi) is 1.84. The molecule has 3 heterocycles. The molecule has 14 heavy (non-hydrogen) atoms. The summed E-state index contributed by atoms with van der Waals surface area (Å²) in [4.78, 5) is 8.46. The van der Waals surface area contributed by atoms with Crippen molar-refractivity contribution in [1.82, 2.24) is 15.3 Å². The first-order chi connectivity index (χ1) is 6.93. The highest BCUT2D eigenvalue weighted by atomic mass is 15.0. The third kappa shape index (κ3) is 1.24. The molecule has 0 amide bonds. The van der Waals surface area contributed by atoms with Crippen molar-refractivity contribution in [1.29, 1.82) is 0 Å². The molecule has 3 heteroatoms. The first kappa shape index (κ1) is 8.12. The van der Waals surface area contributed by atoms with Gasteiger partial charge < -0.3 is 5.32 Å². The summed E-state index contributed by atoms with van der Waals surface area (Å²) in [5.41, 5.74) is 2.37. The highest BCUT2D eigenvalue weighted by molar-refractivity contribution is 5.68. The fraction of sp³-hybridized carbons (Fsp3) is 0.455. The lowest BCUT2D eigenvalue weighted by atomic mass is 10.0. The zero-order chi connectivity index (χ0) is 9.38. The van der Waals surface area contributed by atoms with Gasteiger partial charge in [0.25, 0.3) is 0 Å². The molecule has 2 atom stereocenters. The van der Waals surface area contributed by atoms with E-state index in [1.807, 2.05) is 6.20 Å². The first-order valence-corrected chi connectivity index (χ1v) is 5.16. The molecule has 3 rings (SSSR count). The molecule has 72 valence electrons. The molecule has 0 radical (unpaired) electrons. The van der Waals surface area contributed by atoms with Crippen molar-refractivity contribution in [3.8, 4) is 0 Å². The van der Waals surface area contributed by atoms with Crippen LogP contribution in [0.4, 0.5) is 0 Å². The smallest absolute Gasteiger partial charge is 0.0857 e. The van der Waals surface area contributed by atoms with Gasteiger partial charge in [-0.3, -0.25) is 9.97 Å². The van der Waals surface area contributed by atoms with Gasteiger partial charge in [-0.1, -0.05) is 6.08 Å². The van der Waals surface area contributed by atoms with Gasteiger partial charge in [0.05, 0.1) is 11.9 Å². The molecular weight excluding hydrogens is 174 g/mol. The molecule has 3 nitrogen and oxygen atoms in total. The molecule has 0 aromatic carbocycles. The topological polar surface area (TPSA) is 37.8 Å². The molecule has 0 saturated carbocycles. The maximum absolute atomic E-state index is 4.35. The minimum Gasteiger partial charge on any atom is -0.307 e. The van der Waals surface area contributed by atoms with E-state index in [1.54, 1.807) is 12.4 Å². The summed E-state index contributed by atoms with van der Waals surface area (Å²) in [7, 11) is 0. The minimum absolute atomic E-state index is 0.519. The van der Waals surface area contributed by atoms with Gasteiger partial charge in [-0.05, 0) is 24.8 Å². The van der Waals surface area contributed by atoms with Crippen molar-refractivity contribution in [2.24, 2.45) is 0 Å². The van der Waals surface area contributed by atoms with E-state index in [2.05, 4.69) is 21.4 Å². The largest absolute Gasteiger partial charge is 0.307 e. The number of aromatic nitrogens is 2. The van der Waals surface area contributed by atoms with Gasteiger partial charge >= 0.3 is 0 Å². The quantitative estimate of drug-likeness (QED) is 0.721. The highest BCUT2D eigenvalue weighted by Crippen LogP contribution is 2.31. The third-order valence-electron chi connectivity index (χ3n) is 3.10. The molecule has 2 aliphatic heterocycles. The maximum atomic E-state index is 4.35. The Morgan fingerprint density at radius 3 is 3.14 bits per heavy atom. The molecule has 1 aromatic rings. The average Bonchev–Trinajstić information content (AvgIpc) is 2.62. The van der Waals surface area contributed by atoms with Gasteiger partial charge in [0.15, 0.2) is 0 Å². The second kappa shape index (κ2) is 3.17. The highest BCUT2D eigenvalue weighted by Gasteiger charge is 2.30. The van der Waals surface area contributed by atoms with E-state index in [-0.39, 0.29) is 0 Å². The van der Waals surface area contributed by atoms with Crippen molar-refractivity contribution >= 4 is 5.57 Å². The van der Waals surface area contributed by atoms with Crippen molar-refractivity contribution < 1.29 is 0 Å². The molecule has 1 aromatic heterocycles. The summed E-state index contributed by atoms with van der Waals surface area (Å²) >= 11 is 0. The standard InChI is InChI=1S/C11H13N3/c1-3-9(10-4-2-8(1)14-10)11-7-12-5-6-13-11/h3,5-8,10,14H,1-2,4H2/t8-,10-/m1/s1. The molecule has 0 aliphatic carbocycles. The van der Waals surface area contributed by atoms with E-state index in [4.69, 9.17) is 0 Å². The second-order valence-electron chi connectivity index (χ2n) is 3.98. The zero-order valence-electron chi connectivity index (χ0n) is 7.98. The number of nitrogens with one attached hydrogen (secondary N) is 1. The molecule has 2 aliphatic rings. The predicted molar refractivity (Wildman–Crippen MR) is 54.6 cm³/mol. The van der Waals surface area contributed by atoms with Crippen molar-refractivity contribution in [3.05, 3.63) is 30.4 Å². The Morgan fingerprint density at radius 2 is 2.29 bits per heavy atom. The molecule has 1 fully saturated rings. The lowest BCUT2D eigenvalue weighted by Gasteiger charge is -2.21. The summed E-state index contributed by atoms with van der Waals surface area (Å²) in [6.45, 7) is 0. The van der Waals surface area contributed by atoms with Crippen LogP contribution >= 0.6 is 0 Å². The molecule has 2 bridgehead atoms. The van der Waals surface area contributed by atoms with Gasteiger partial charge in [-0.15, -0.1) is 0 Å². The van der Waals surface area contributed by atoms with Crippen molar-refractivity contribution in [2.45, 2.75) is 31.3 Å². The number of nitrogens with zero attached hydrogens (tertiary/aromatic N) is 2. The SMILES string of the molecule is C1=C(c2cnccn2)[C@H]2CC[C@@H](C1)N2. The van der Waals surface area contributed by atoms with Gasteiger partial charge in [-0.2, -0.15) is 0 Å². The van der Waals surface area contributed by atoms with E-state index in [0.717, 1.165) is 12.1 Å². The lowest BCUT2D eigenvalue weighted by molar-refractivity contribution is 0.574. The van der Waals surface area contributed by atoms with Crippen LogP contribution in [-0.2, 0) is 0 Å². The molecule has 1 N–H and O–H groups in total. The van der Waals surface area contributed by atoms with Gasteiger partial charge in [0.2, 0.25) is 0 Å². The van der Waals surface area contributed by atoms with E-state index in [0.29, 0.717) is 12.1 Å². The van der Waals surface area contributed by atoms with E-state index >= 15 is 0 Å². The predicted octanol–water partition coefficient (Wildman–Crippen LogP) is 1.38. The van der Waals surface area contributed by atoms with Gasteiger partial charge in [-0.25, -0.2) is 0 Å². The summed E-state index contributed by atoms with van der Waals surface area (Å²) in [5, 5.41) is 3.60. The van der Waals surface area contributed by atoms with E-state index in [9.17, 15) is 0 Å². The fourth-order valence-electron chi connectivity index (χ4n) is 2.39. The third-order valence-corrected chi connectivity index (χ3v) is 3.10. The van der Waals surface area contributed by atoms with Crippen LogP contribution < -0.4 is 5.32 Å². The van der Waals surface area contributed by atoms with E-state index in [1.165, 1.54) is 18.4 Å². The van der Waals surface area contributed by atoms with Crippen molar-refractivity contribution in [3.63, 3.8) is 0 Å². The monoisotopic (exact) mass is 187 g/mol. The van der Waals surface area contributed by atoms with E-state index < -0.39 is 0 Å². The Morgan fingerprint density at radius 1 is 1.29 bits per heavy atom. The normalized spacial score (nSPS) is 30.1. The Balaban J connectivity index is 1.96. The summed E-state index contributed by atoms with van der Waals surface area (Å²) in [5.74, 6) is 0. The summed E-state index contributed by atoms with van der Waals surface area (Å²) in [6, 6.07) is 1.23. The average molecular weight is 187 g/mol. The van der Waals surface area contributed by atoms with Gasteiger partial charge in [0, 0.05) is 24.5 Å². The zero-order valence-corrected chi connectivity index (χ0v) is 7.98. The summed E-state index contributed by atoms with van der Waals surface area (Å²) < 4.78 is 0. The number of rotatable bonds is 1. The number of fused-ring (bicyclic) bond motifs is 2. The maximum Gasteiger partial charge on any atom is 0.0857 e. The van der Waals surface area contributed by atoms with Crippen LogP contribution in [0.25, 0.3) is 5.57 Å². The molecular formula is C11H13N3. The first-order valence-electron chi connectivity index (χ1n) is 5.16. The lowest BCUT2D eigenvalue weighted by Crippen LogP contribution is -2.33. The molecule has 0 unspecified atom stereocenters. The van der Waals surface area contributed by atoms with Crippen LogP contribution in [0.5, 0.6) is 0 Å². The van der Waals surface area contributed by atoms with Crippen LogP contribution in [0.3, 0.4) is 0 Å². The van der Waals surface area contributed by atoms with Crippen molar-refractivity contribution in [2.75, 3.05) is 0 Å². The second-order valence-corrected chi connectivity index (χ2v) is 3.98.